The van der Waals surface area contributed by atoms with Gasteiger partial charge in [0.15, 0.2) is 5.96 Å². The smallest absolute Gasteiger partial charge is 0.253 e. The number of benzene rings is 2. The number of hydrogen-bond donors (Lipinski definition) is 2. The van der Waals surface area contributed by atoms with Crippen LogP contribution >= 0.6 is 15.9 Å². The van der Waals surface area contributed by atoms with Crippen LogP contribution in [0.5, 0.6) is 5.75 Å². The minimum atomic E-state index is 0.00950. The molecule has 0 aliphatic rings. The molecule has 0 radical (unpaired) electrons. The fraction of sp³-hybridized carbons (Fsp3) is 0.333. The van der Waals surface area contributed by atoms with Crippen LogP contribution in [0.25, 0.3) is 0 Å². The maximum absolute atomic E-state index is 12.1. The molecule has 0 bridgehead atoms. The highest BCUT2D eigenvalue weighted by Gasteiger charge is 2.08. The molecule has 2 aromatic carbocycles. The molecule has 0 saturated carbocycles. The van der Waals surface area contributed by atoms with Gasteiger partial charge < -0.3 is 20.3 Å². The zero-order valence-electron chi connectivity index (χ0n) is 16.8. The second-order valence-corrected chi connectivity index (χ2v) is 7.37. The summed E-state index contributed by atoms with van der Waals surface area (Å²) in [5.41, 5.74) is 2.84. The Morgan fingerprint density at radius 3 is 2.64 bits per heavy atom. The van der Waals surface area contributed by atoms with Crippen LogP contribution in [-0.4, -0.2) is 51.6 Å². The highest BCUT2D eigenvalue weighted by atomic mass is 79.9. The SMILES string of the molecule is CN=C(NCCc1cccc(C(=O)N(C)C)c1)NCc1cc(Br)ccc1OC. The quantitative estimate of drug-likeness (QED) is 0.506. The topological polar surface area (TPSA) is 66.0 Å². The highest BCUT2D eigenvalue weighted by Crippen LogP contribution is 2.22. The van der Waals surface area contributed by atoms with Crippen molar-refractivity contribution in [2.75, 3.05) is 34.8 Å². The van der Waals surface area contributed by atoms with Gasteiger partial charge in [-0.2, -0.15) is 0 Å². The summed E-state index contributed by atoms with van der Waals surface area (Å²) in [5.74, 6) is 1.55. The van der Waals surface area contributed by atoms with Gasteiger partial charge in [-0.15, -0.1) is 0 Å². The molecule has 0 aliphatic carbocycles. The third-order valence-electron chi connectivity index (χ3n) is 4.20. The summed E-state index contributed by atoms with van der Waals surface area (Å²) in [6.45, 7) is 1.30. The summed E-state index contributed by atoms with van der Waals surface area (Å²) in [6.07, 6.45) is 0.787. The Labute approximate surface area is 175 Å². The summed E-state index contributed by atoms with van der Waals surface area (Å²) in [6, 6.07) is 13.6. The summed E-state index contributed by atoms with van der Waals surface area (Å²) in [7, 11) is 6.91. The van der Waals surface area contributed by atoms with Gasteiger partial charge in [-0.3, -0.25) is 9.79 Å². The van der Waals surface area contributed by atoms with Crippen molar-refractivity contribution in [3.63, 3.8) is 0 Å². The number of carbonyl (C=O) groups is 1. The van der Waals surface area contributed by atoms with E-state index in [-0.39, 0.29) is 5.91 Å². The van der Waals surface area contributed by atoms with Crippen LogP contribution in [0.3, 0.4) is 0 Å². The van der Waals surface area contributed by atoms with Crippen molar-refractivity contribution in [2.45, 2.75) is 13.0 Å². The van der Waals surface area contributed by atoms with E-state index in [1.807, 2.05) is 42.5 Å². The van der Waals surface area contributed by atoms with Crippen molar-refractivity contribution in [1.29, 1.82) is 0 Å². The predicted molar refractivity (Wildman–Crippen MR) is 117 cm³/mol. The predicted octanol–water partition coefficient (Wildman–Crippen LogP) is 3.07. The van der Waals surface area contributed by atoms with Gasteiger partial charge in [0.05, 0.1) is 7.11 Å². The van der Waals surface area contributed by atoms with Crippen LogP contribution in [0.15, 0.2) is 51.9 Å². The van der Waals surface area contributed by atoms with E-state index in [2.05, 4.69) is 31.6 Å². The van der Waals surface area contributed by atoms with Crippen LogP contribution in [-0.2, 0) is 13.0 Å². The van der Waals surface area contributed by atoms with Crippen molar-refractivity contribution in [2.24, 2.45) is 4.99 Å². The normalized spacial score (nSPS) is 11.1. The number of guanidine groups is 1. The first-order valence-electron chi connectivity index (χ1n) is 9.02. The second-order valence-electron chi connectivity index (χ2n) is 6.46. The summed E-state index contributed by atoms with van der Waals surface area (Å²) >= 11 is 3.49. The Bertz CT molecular complexity index is 837. The molecule has 150 valence electrons. The molecule has 0 aromatic heterocycles. The van der Waals surface area contributed by atoms with Crippen LogP contribution in [0.1, 0.15) is 21.5 Å². The van der Waals surface area contributed by atoms with E-state index in [1.54, 1.807) is 33.2 Å². The molecule has 0 fully saturated rings. The molecule has 6 nitrogen and oxygen atoms in total. The van der Waals surface area contributed by atoms with Gasteiger partial charge in [0, 0.05) is 49.8 Å². The van der Waals surface area contributed by atoms with Crippen LogP contribution in [0, 0.1) is 0 Å². The number of nitrogens with zero attached hydrogens (tertiary/aromatic N) is 2. The minimum Gasteiger partial charge on any atom is -0.496 e. The monoisotopic (exact) mass is 446 g/mol. The van der Waals surface area contributed by atoms with E-state index < -0.39 is 0 Å². The number of aliphatic imine (C=N–C) groups is 1. The lowest BCUT2D eigenvalue weighted by Crippen LogP contribution is -2.37. The fourth-order valence-corrected chi connectivity index (χ4v) is 3.14. The summed E-state index contributed by atoms with van der Waals surface area (Å²) < 4.78 is 6.40. The van der Waals surface area contributed by atoms with Crippen LogP contribution < -0.4 is 15.4 Å². The zero-order chi connectivity index (χ0) is 20.5. The largest absolute Gasteiger partial charge is 0.496 e. The Hall–Kier alpha value is -2.54. The van der Waals surface area contributed by atoms with Gasteiger partial charge in [0.25, 0.3) is 5.91 Å². The van der Waals surface area contributed by atoms with Gasteiger partial charge in [-0.05, 0) is 42.3 Å². The van der Waals surface area contributed by atoms with Crippen LogP contribution in [0.4, 0.5) is 0 Å². The lowest BCUT2D eigenvalue weighted by molar-refractivity contribution is 0.0827. The number of hydrogen-bond acceptors (Lipinski definition) is 3. The van der Waals surface area contributed by atoms with Crippen molar-refractivity contribution in [3.8, 4) is 5.75 Å². The molecule has 0 saturated heterocycles. The van der Waals surface area contributed by atoms with Gasteiger partial charge in [-0.1, -0.05) is 28.1 Å². The van der Waals surface area contributed by atoms with Crippen molar-refractivity contribution < 1.29 is 9.53 Å². The number of rotatable bonds is 7. The lowest BCUT2D eigenvalue weighted by Gasteiger charge is -2.14. The molecule has 0 aliphatic heterocycles. The van der Waals surface area contributed by atoms with Crippen molar-refractivity contribution in [3.05, 3.63) is 63.6 Å². The van der Waals surface area contributed by atoms with Gasteiger partial charge >= 0.3 is 0 Å². The molecule has 1 amide bonds. The Kier molecular flexibility index (Phi) is 8.32. The summed E-state index contributed by atoms with van der Waals surface area (Å²) in [5, 5.41) is 6.60. The number of nitrogens with one attached hydrogen (secondary N) is 2. The minimum absolute atomic E-state index is 0.00950. The average molecular weight is 447 g/mol. The number of halogens is 1. The Balaban J connectivity index is 1.89. The van der Waals surface area contributed by atoms with E-state index in [0.717, 1.165) is 27.8 Å². The number of ether oxygens (including phenoxy) is 1. The molecular formula is C21H27BrN4O2. The third kappa shape index (κ3) is 6.27. The fourth-order valence-electron chi connectivity index (χ4n) is 2.73. The van der Waals surface area contributed by atoms with Crippen molar-refractivity contribution >= 4 is 27.8 Å². The standard InChI is InChI=1S/C21H27BrN4O2/c1-23-21(25-14-17-13-18(22)8-9-19(17)28-4)24-11-10-15-6-5-7-16(12-15)20(27)26(2)3/h5-9,12-13H,10-11,14H2,1-4H3,(H2,23,24,25). The lowest BCUT2D eigenvalue weighted by atomic mass is 10.1. The van der Waals surface area contributed by atoms with Gasteiger partial charge in [0.2, 0.25) is 0 Å². The van der Waals surface area contributed by atoms with E-state index in [0.29, 0.717) is 24.6 Å². The maximum Gasteiger partial charge on any atom is 0.253 e. The molecule has 2 aromatic rings. The first kappa shape index (κ1) is 21.8. The van der Waals surface area contributed by atoms with E-state index in [4.69, 9.17) is 4.74 Å². The highest BCUT2D eigenvalue weighted by molar-refractivity contribution is 9.10. The molecule has 28 heavy (non-hydrogen) atoms. The zero-order valence-corrected chi connectivity index (χ0v) is 18.3. The molecule has 0 unspecified atom stereocenters. The van der Waals surface area contributed by atoms with E-state index >= 15 is 0 Å². The Morgan fingerprint density at radius 1 is 1.18 bits per heavy atom. The molecule has 0 spiro atoms. The maximum atomic E-state index is 12.1. The van der Waals surface area contributed by atoms with Crippen molar-refractivity contribution in [1.82, 2.24) is 15.5 Å². The summed E-state index contributed by atoms with van der Waals surface area (Å²) in [4.78, 5) is 17.9. The number of amides is 1. The van der Waals surface area contributed by atoms with Gasteiger partial charge in [0.1, 0.15) is 5.75 Å². The number of methoxy groups -OCH3 is 1. The number of carbonyl (C=O) groups excluding carboxylic acids is 1. The molecule has 7 heteroatoms. The first-order valence-corrected chi connectivity index (χ1v) is 9.81. The van der Waals surface area contributed by atoms with E-state index in [9.17, 15) is 4.79 Å². The Morgan fingerprint density at radius 2 is 1.96 bits per heavy atom. The molecule has 2 N–H and O–H groups in total. The molecule has 0 atom stereocenters. The second kappa shape index (κ2) is 10.7. The molecule has 2 rings (SSSR count). The third-order valence-corrected chi connectivity index (χ3v) is 4.69. The first-order chi connectivity index (χ1) is 13.4. The molecule has 0 heterocycles. The van der Waals surface area contributed by atoms with Crippen LogP contribution in [0.2, 0.25) is 0 Å². The molecular weight excluding hydrogens is 420 g/mol. The van der Waals surface area contributed by atoms with E-state index in [1.165, 1.54) is 0 Å². The van der Waals surface area contributed by atoms with Gasteiger partial charge in [-0.25, -0.2) is 0 Å². The average Bonchev–Trinajstić information content (AvgIpc) is 2.70.